The lowest BCUT2D eigenvalue weighted by Crippen LogP contribution is -2.29. The molecule has 0 radical (unpaired) electrons. The first kappa shape index (κ1) is 21.9. The van der Waals surface area contributed by atoms with Crippen LogP contribution in [-0.4, -0.2) is 0 Å². The molecule has 0 spiro atoms. The average molecular weight is 487 g/mol. The number of allylic oxidation sites excluding steroid dienone is 14. The normalized spacial score (nSPS) is 22.8. The van der Waals surface area contributed by atoms with E-state index in [0.29, 0.717) is 11.8 Å². The number of rotatable bonds is 3. The van der Waals surface area contributed by atoms with Crippen LogP contribution >= 0.6 is 0 Å². The predicted molar refractivity (Wildman–Crippen MR) is 159 cm³/mol. The van der Waals surface area contributed by atoms with Crippen molar-refractivity contribution in [1.82, 2.24) is 0 Å². The molecule has 5 aliphatic rings. The summed E-state index contributed by atoms with van der Waals surface area (Å²) < 4.78 is 0. The molecular formula is C38H30. The zero-order chi connectivity index (χ0) is 25.4. The maximum absolute atomic E-state index is 2.48. The molecule has 3 aromatic rings. The molecule has 2 atom stereocenters. The van der Waals surface area contributed by atoms with Crippen molar-refractivity contribution in [1.29, 1.82) is 0 Å². The highest BCUT2D eigenvalue weighted by Crippen LogP contribution is 2.52. The molecule has 0 saturated heterocycles. The Morgan fingerprint density at radius 2 is 1.32 bits per heavy atom. The van der Waals surface area contributed by atoms with Gasteiger partial charge in [-0.25, -0.2) is 0 Å². The van der Waals surface area contributed by atoms with Gasteiger partial charge >= 0.3 is 0 Å². The Balaban J connectivity index is 1.17. The fraction of sp³-hybridized carbons (Fsp3) is 0.158. The molecule has 5 aliphatic carbocycles. The van der Waals surface area contributed by atoms with Crippen LogP contribution in [0.5, 0.6) is 0 Å². The summed E-state index contributed by atoms with van der Waals surface area (Å²) in [7, 11) is 0. The van der Waals surface area contributed by atoms with Crippen LogP contribution in [-0.2, 0) is 11.8 Å². The monoisotopic (exact) mass is 486 g/mol. The van der Waals surface area contributed by atoms with Crippen molar-refractivity contribution in [3.63, 3.8) is 0 Å². The first-order chi connectivity index (χ1) is 18.6. The van der Waals surface area contributed by atoms with Gasteiger partial charge in [0.1, 0.15) is 0 Å². The number of hydrogen-bond acceptors (Lipinski definition) is 0. The van der Waals surface area contributed by atoms with Crippen molar-refractivity contribution in [2.75, 3.05) is 0 Å². The molecule has 0 heterocycles. The summed E-state index contributed by atoms with van der Waals surface area (Å²) in [5, 5.41) is 0. The van der Waals surface area contributed by atoms with Gasteiger partial charge in [0.2, 0.25) is 0 Å². The third kappa shape index (κ3) is 3.10. The molecule has 38 heavy (non-hydrogen) atoms. The van der Waals surface area contributed by atoms with E-state index in [-0.39, 0.29) is 5.41 Å². The van der Waals surface area contributed by atoms with Crippen molar-refractivity contribution in [2.24, 2.45) is 11.8 Å². The molecule has 2 unspecified atom stereocenters. The fourth-order valence-corrected chi connectivity index (χ4v) is 7.36. The Bertz CT molecular complexity index is 1740. The van der Waals surface area contributed by atoms with Crippen molar-refractivity contribution >= 4 is 0 Å². The Labute approximate surface area is 225 Å². The number of benzene rings is 3. The quantitative estimate of drug-likeness (QED) is 0.346. The molecule has 0 heteroatoms. The Kier molecular flexibility index (Phi) is 4.56. The van der Waals surface area contributed by atoms with E-state index in [0.717, 1.165) is 6.42 Å². The third-order valence-corrected chi connectivity index (χ3v) is 9.34. The topological polar surface area (TPSA) is 0 Å². The van der Waals surface area contributed by atoms with Gasteiger partial charge in [-0.2, -0.15) is 0 Å². The Morgan fingerprint density at radius 3 is 2.16 bits per heavy atom. The summed E-state index contributed by atoms with van der Waals surface area (Å²) in [6.45, 7) is 4.78. The molecule has 0 aliphatic heterocycles. The molecule has 0 amide bonds. The average Bonchev–Trinajstić information content (AvgIpc) is 3.18. The second-order valence-electron chi connectivity index (χ2n) is 11.8. The van der Waals surface area contributed by atoms with Crippen molar-refractivity contribution in [3.8, 4) is 22.3 Å². The van der Waals surface area contributed by atoms with Crippen molar-refractivity contribution < 1.29 is 0 Å². The third-order valence-electron chi connectivity index (χ3n) is 9.34. The van der Waals surface area contributed by atoms with Gasteiger partial charge in [-0.3, -0.25) is 0 Å². The van der Waals surface area contributed by atoms with Gasteiger partial charge in [0.25, 0.3) is 0 Å². The van der Waals surface area contributed by atoms with Gasteiger partial charge in [0.15, 0.2) is 0 Å². The van der Waals surface area contributed by atoms with Gasteiger partial charge in [0, 0.05) is 17.3 Å². The van der Waals surface area contributed by atoms with Gasteiger partial charge in [0.05, 0.1) is 0 Å². The lowest BCUT2D eigenvalue weighted by molar-refractivity contribution is 0.559. The standard InChI is InChI=1S/C38H30/c1-38(2)34-22-24(11-18-32(34)33-20-17-29(23-35(33)38)25-7-4-3-5-8-25)21-30-15-14-28-13-12-26-9-6-10-27-16-19-31(30)37(28)36(26)27/h3-20,22-23,36-37H,21H2,1-2H3. The Morgan fingerprint density at radius 1 is 0.605 bits per heavy atom. The van der Waals surface area contributed by atoms with E-state index in [4.69, 9.17) is 0 Å². The van der Waals surface area contributed by atoms with Gasteiger partial charge in [-0.15, -0.1) is 0 Å². The maximum atomic E-state index is 2.48. The van der Waals surface area contributed by atoms with Crippen molar-refractivity contribution in [3.05, 3.63) is 166 Å². The van der Waals surface area contributed by atoms with E-state index < -0.39 is 0 Å². The molecule has 3 aromatic carbocycles. The minimum atomic E-state index is -0.0243. The Hall–Kier alpha value is -4.16. The van der Waals surface area contributed by atoms with E-state index in [1.54, 1.807) is 0 Å². The van der Waals surface area contributed by atoms with E-state index >= 15 is 0 Å². The molecule has 8 rings (SSSR count). The lowest BCUT2D eigenvalue weighted by Gasteiger charge is -2.40. The second-order valence-corrected chi connectivity index (χ2v) is 11.8. The molecule has 0 nitrogen and oxygen atoms in total. The smallest absolute Gasteiger partial charge is 0.0202 e. The van der Waals surface area contributed by atoms with Crippen LogP contribution in [0.15, 0.2) is 149 Å². The van der Waals surface area contributed by atoms with E-state index in [2.05, 4.69) is 135 Å². The summed E-state index contributed by atoms with van der Waals surface area (Å²) >= 11 is 0. The SMILES string of the molecule is CC1(C)c2cc(CC3=C4C=CC5=CC=CC6=CC=C(C=C3)C4C56)ccc2-c2ccc(-c3ccccc3)cc21. The highest BCUT2D eigenvalue weighted by atomic mass is 14.4. The summed E-state index contributed by atoms with van der Waals surface area (Å²) in [5.41, 5.74) is 16.9. The lowest BCUT2D eigenvalue weighted by atomic mass is 9.63. The molecule has 182 valence electrons. The summed E-state index contributed by atoms with van der Waals surface area (Å²) in [4.78, 5) is 0. The zero-order valence-corrected chi connectivity index (χ0v) is 21.9. The first-order valence-corrected chi connectivity index (χ1v) is 13.8. The second kappa shape index (κ2) is 7.92. The number of fused-ring (bicyclic) bond motifs is 3. The fourth-order valence-electron chi connectivity index (χ4n) is 7.36. The molecule has 0 aromatic heterocycles. The molecule has 0 N–H and O–H groups in total. The van der Waals surface area contributed by atoms with Crippen LogP contribution in [0.4, 0.5) is 0 Å². The van der Waals surface area contributed by atoms with Crippen LogP contribution in [0.2, 0.25) is 0 Å². The zero-order valence-electron chi connectivity index (χ0n) is 21.9. The van der Waals surface area contributed by atoms with Gasteiger partial charge in [-0.1, -0.05) is 129 Å². The summed E-state index contributed by atoms with van der Waals surface area (Å²) in [5.74, 6) is 0.912. The summed E-state index contributed by atoms with van der Waals surface area (Å²) in [6.07, 6.45) is 21.9. The number of hydrogen-bond donors (Lipinski definition) is 0. The minimum Gasteiger partial charge on any atom is -0.0622 e. The highest BCUT2D eigenvalue weighted by molar-refractivity contribution is 5.84. The van der Waals surface area contributed by atoms with Crippen LogP contribution in [0.25, 0.3) is 22.3 Å². The van der Waals surface area contributed by atoms with Crippen LogP contribution in [0, 0.1) is 11.8 Å². The minimum absolute atomic E-state index is 0.0243. The first-order valence-electron chi connectivity index (χ1n) is 13.8. The molecule has 0 saturated carbocycles. The molecule has 0 fully saturated rings. The van der Waals surface area contributed by atoms with E-state index in [1.165, 1.54) is 66.8 Å². The predicted octanol–water partition coefficient (Wildman–Crippen LogP) is 9.23. The van der Waals surface area contributed by atoms with Crippen molar-refractivity contribution in [2.45, 2.75) is 25.7 Å². The van der Waals surface area contributed by atoms with Crippen LogP contribution in [0.3, 0.4) is 0 Å². The summed E-state index contributed by atoms with van der Waals surface area (Å²) in [6, 6.07) is 25.0. The van der Waals surface area contributed by atoms with Gasteiger partial charge < -0.3 is 0 Å². The van der Waals surface area contributed by atoms with Crippen LogP contribution < -0.4 is 0 Å². The molecular weight excluding hydrogens is 456 g/mol. The molecule has 0 bridgehead atoms. The van der Waals surface area contributed by atoms with E-state index in [9.17, 15) is 0 Å². The largest absolute Gasteiger partial charge is 0.0622 e. The van der Waals surface area contributed by atoms with Gasteiger partial charge in [-0.05, 0) is 79.3 Å². The van der Waals surface area contributed by atoms with E-state index in [1.807, 2.05) is 0 Å². The maximum Gasteiger partial charge on any atom is 0.0202 e. The van der Waals surface area contributed by atoms with Crippen LogP contribution in [0.1, 0.15) is 30.5 Å². The highest BCUT2D eigenvalue weighted by Gasteiger charge is 2.39.